The molecule has 9 heteroatoms. The molecule has 0 saturated carbocycles. The van der Waals surface area contributed by atoms with E-state index in [0.29, 0.717) is 34.7 Å². The van der Waals surface area contributed by atoms with E-state index in [1.165, 1.54) is 18.2 Å². The average molecular weight is 514 g/mol. The van der Waals surface area contributed by atoms with E-state index < -0.39 is 15.7 Å². The van der Waals surface area contributed by atoms with E-state index in [1.54, 1.807) is 41.9 Å². The first-order valence-electron chi connectivity index (χ1n) is 10.6. The second-order valence-electron chi connectivity index (χ2n) is 8.13. The predicted molar refractivity (Wildman–Crippen MR) is 136 cm³/mol. The minimum atomic E-state index is -3.49. The Labute approximate surface area is 209 Å². The van der Waals surface area contributed by atoms with Crippen molar-refractivity contribution < 1.29 is 17.6 Å². The van der Waals surface area contributed by atoms with Crippen LogP contribution in [0.3, 0.4) is 0 Å². The van der Waals surface area contributed by atoms with Crippen molar-refractivity contribution in [3.05, 3.63) is 101 Å². The number of nitrogens with two attached hydrogens (primary N) is 1. The lowest BCUT2D eigenvalue weighted by Gasteiger charge is -2.11. The number of aryl methyl sites for hydroxylation is 1. The second-order valence-corrected chi connectivity index (χ2v) is 10.1. The Morgan fingerprint density at radius 1 is 1.03 bits per heavy atom. The van der Waals surface area contributed by atoms with Gasteiger partial charge in [0.25, 0.3) is 0 Å². The standard InChI is InChI=1S/C26H24FN3O3S.ClH/c1-17-12-24(30(29-17)21-7-5-6-18(13-21)16-28)25(31)15-20-11-10-19(14-23(20)27)22-8-3-4-9-26(22)34(2,32)33;/h3-14H,15-16,28H2,1-2H3;1H. The van der Waals surface area contributed by atoms with Crippen LogP contribution in [0.1, 0.15) is 27.3 Å². The third-order valence-electron chi connectivity index (χ3n) is 5.51. The zero-order chi connectivity index (χ0) is 24.5. The molecule has 4 rings (SSSR count). The molecule has 1 heterocycles. The van der Waals surface area contributed by atoms with Gasteiger partial charge < -0.3 is 5.73 Å². The largest absolute Gasteiger partial charge is 0.326 e. The number of ketones is 1. The van der Waals surface area contributed by atoms with Crippen LogP contribution in [0.2, 0.25) is 0 Å². The van der Waals surface area contributed by atoms with E-state index in [2.05, 4.69) is 5.10 Å². The van der Waals surface area contributed by atoms with Crippen LogP contribution >= 0.6 is 12.4 Å². The van der Waals surface area contributed by atoms with Crippen molar-refractivity contribution in [1.29, 1.82) is 0 Å². The molecule has 6 nitrogen and oxygen atoms in total. The highest BCUT2D eigenvalue weighted by molar-refractivity contribution is 7.90. The number of carbonyl (C=O) groups is 1. The van der Waals surface area contributed by atoms with E-state index >= 15 is 4.39 Å². The highest BCUT2D eigenvalue weighted by Gasteiger charge is 2.19. The van der Waals surface area contributed by atoms with E-state index in [9.17, 15) is 13.2 Å². The molecular formula is C26H25ClFN3O3S. The van der Waals surface area contributed by atoms with Crippen molar-refractivity contribution in [2.24, 2.45) is 5.73 Å². The average Bonchev–Trinajstić information content (AvgIpc) is 3.21. The third kappa shape index (κ3) is 5.67. The zero-order valence-electron chi connectivity index (χ0n) is 19.2. The number of hydrogen-bond donors (Lipinski definition) is 1. The molecule has 0 bridgehead atoms. The van der Waals surface area contributed by atoms with Crippen molar-refractivity contribution in [3.8, 4) is 16.8 Å². The first-order valence-corrected chi connectivity index (χ1v) is 12.5. The smallest absolute Gasteiger partial charge is 0.185 e. The van der Waals surface area contributed by atoms with E-state index in [4.69, 9.17) is 5.73 Å². The van der Waals surface area contributed by atoms with Gasteiger partial charge in [0.2, 0.25) is 0 Å². The summed E-state index contributed by atoms with van der Waals surface area (Å²) in [5, 5.41) is 4.43. The number of rotatable bonds is 7. The van der Waals surface area contributed by atoms with Crippen molar-refractivity contribution >= 4 is 28.0 Å². The van der Waals surface area contributed by atoms with Crippen molar-refractivity contribution in [2.75, 3.05) is 6.26 Å². The summed E-state index contributed by atoms with van der Waals surface area (Å²) in [7, 11) is -3.49. The van der Waals surface area contributed by atoms with Crippen LogP contribution in [0.4, 0.5) is 4.39 Å². The number of benzene rings is 3. The normalized spacial score (nSPS) is 11.2. The van der Waals surface area contributed by atoms with Gasteiger partial charge in [0, 0.05) is 24.8 Å². The second kappa shape index (κ2) is 10.5. The van der Waals surface area contributed by atoms with Crippen LogP contribution in [0, 0.1) is 12.7 Å². The Hall–Kier alpha value is -3.33. The van der Waals surface area contributed by atoms with Crippen LogP contribution in [0.5, 0.6) is 0 Å². The fraction of sp³-hybridized carbons (Fsp3) is 0.154. The van der Waals surface area contributed by atoms with Crippen LogP contribution in [-0.2, 0) is 22.8 Å². The Morgan fingerprint density at radius 2 is 1.77 bits per heavy atom. The van der Waals surface area contributed by atoms with Gasteiger partial charge in [-0.3, -0.25) is 4.79 Å². The first kappa shape index (κ1) is 26.3. The zero-order valence-corrected chi connectivity index (χ0v) is 20.9. The SMILES string of the molecule is Cc1cc(C(=O)Cc2ccc(-c3ccccc3S(C)(=O)=O)cc2F)n(-c2cccc(CN)c2)n1.Cl. The fourth-order valence-electron chi connectivity index (χ4n) is 3.86. The minimum absolute atomic E-state index is 0. The molecule has 3 aromatic carbocycles. The lowest BCUT2D eigenvalue weighted by atomic mass is 10.00. The summed E-state index contributed by atoms with van der Waals surface area (Å²) in [6.45, 7) is 2.14. The van der Waals surface area contributed by atoms with Crippen LogP contribution < -0.4 is 5.73 Å². The maximum Gasteiger partial charge on any atom is 0.185 e. The van der Waals surface area contributed by atoms with Gasteiger partial charge in [-0.05, 0) is 53.9 Å². The molecule has 2 N–H and O–H groups in total. The molecule has 0 unspecified atom stereocenters. The van der Waals surface area contributed by atoms with E-state index in [1.807, 2.05) is 24.3 Å². The minimum Gasteiger partial charge on any atom is -0.326 e. The number of aromatic nitrogens is 2. The van der Waals surface area contributed by atoms with Crippen LogP contribution in [-0.4, -0.2) is 30.2 Å². The summed E-state index contributed by atoms with van der Waals surface area (Å²) in [5.74, 6) is -0.871. The highest BCUT2D eigenvalue weighted by atomic mass is 35.5. The Bertz CT molecular complexity index is 1500. The van der Waals surface area contributed by atoms with Gasteiger partial charge in [0.1, 0.15) is 11.5 Å². The van der Waals surface area contributed by atoms with Gasteiger partial charge in [-0.1, -0.05) is 42.5 Å². The summed E-state index contributed by atoms with van der Waals surface area (Å²) in [4.78, 5) is 13.3. The lowest BCUT2D eigenvalue weighted by molar-refractivity contribution is 0.0984. The molecule has 1 aromatic heterocycles. The molecule has 35 heavy (non-hydrogen) atoms. The Morgan fingerprint density at radius 3 is 2.46 bits per heavy atom. The number of Topliss-reactive ketones (excluding diaryl/α,β-unsaturated/α-hetero) is 1. The van der Waals surface area contributed by atoms with Gasteiger partial charge >= 0.3 is 0 Å². The van der Waals surface area contributed by atoms with Crippen molar-refractivity contribution in [1.82, 2.24) is 9.78 Å². The number of nitrogens with zero attached hydrogens (tertiary/aromatic N) is 2. The summed E-state index contributed by atoms with van der Waals surface area (Å²) >= 11 is 0. The van der Waals surface area contributed by atoms with Gasteiger partial charge in [-0.15, -0.1) is 12.4 Å². The van der Waals surface area contributed by atoms with E-state index in [-0.39, 0.29) is 35.1 Å². The molecule has 182 valence electrons. The first-order chi connectivity index (χ1) is 16.2. The molecule has 0 aliphatic rings. The summed E-state index contributed by atoms with van der Waals surface area (Å²) in [5.41, 5.74) is 9.40. The monoisotopic (exact) mass is 513 g/mol. The Kier molecular flexibility index (Phi) is 7.90. The molecule has 0 aliphatic heterocycles. The summed E-state index contributed by atoms with van der Waals surface area (Å²) in [6.07, 6.45) is 0.950. The van der Waals surface area contributed by atoms with E-state index in [0.717, 1.165) is 11.8 Å². The highest BCUT2D eigenvalue weighted by Crippen LogP contribution is 2.29. The number of carbonyl (C=O) groups excluding carboxylic acids is 1. The topological polar surface area (TPSA) is 95.0 Å². The molecule has 0 radical (unpaired) electrons. The molecule has 0 spiro atoms. The quantitative estimate of drug-likeness (QED) is 0.361. The molecule has 4 aromatic rings. The van der Waals surface area contributed by atoms with Gasteiger partial charge in [-0.25, -0.2) is 17.5 Å². The molecule has 0 atom stereocenters. The van der Waals surface area contributed by atoms with Crippen molar-refractivity contribution in [2.45, 2.75) is 24.8 Å². The maximum atomic E-state index is 15.0. The summed E-state index contributed by atoms with van der Waals surface area (Å²) in [6, 6.07) is 19.9. The van der Waals surface area contributed by atoms with Gasteiger partial charge in [-0.2, -0.15) is 5.10 Å². The molecular weight excluding hydrogens is 489 g/mol. The number of sulfone groups is 1. The van der Waals surface area contributed by atoms with Crippen molar-refractivity contribution in [3.63, 3.8) is 0 Å². The Balaban J connectivity index is 0.00000342. The predicted octanol–water partition coefficient (Wildman–Crippen LogP) is 4.70. The van der Waals surface area contributed by atoms with Crippen LogP contribution in [0.25, 0.3) is 16.8 Å². The molecule has 0 aliphatic carbocycles. The molecule has 0 fully saturated rings. The molecule has 0 amide bonds. The number of halogens is 2. The maximum absolute atomic E-state index is 15.0. The van der Waals surface area contributed by atoms with Crippen LogP contribution in [0.15, 0.2) is 77.7 Å². The molecule has 0 saturated heterocycles. The van der Waals surface area contributed by atoms with Gasteiger partial charge in [0.05, 0.1) is 16.3 Å². The summed E-state index contributed by atoms with van der Waals surface area (Å²) < 4.78 is 40.8. The lowest BCUT2D eigenvalue weighted by Crippen LogP contribution is -2.12. The number of hydrogen-bond acceptors (Lipinski definition) is 5. The fourth-order valence-corrected chi connectivity index (χ4v) is 4.77. The third-order valence-corrected chi connectivity index (χ3v) is 6.66. The van der Waals surface area contributed by atoms with Gasteiger partial charge in [0.15, 0.2) is 15.6 Å².